The van der Waals surface area contributed by atoms with Gasteiger partial charge in [0.05, 0.1) is 19.3 Å². The van der Waals surface area contributed by atoms with Gasteiger partial charge in [-0.05, 0) is 25.9 Å². The lowest BCUT2D eigenvalue weighted by molar-refractivity contribution is -0.00872. The number of piperidine rings is 1. The van der Waals surface area contributed by atoms with Crippen LogP contribution >= 0.6 is 0 Å². The van der Waals surface area contributed by atoms with E-state index in [1.54, 1.807) is 0 Å². The maximum absolute atomic E-state index is 8.71. The number of rotatable bonds is 8. The summed E-state index contributed by atoms with van der Waals surface area (Å²) in [5.41, 5.74) is 0. The molecule has 0 atom stereocenters. The number of hydrogen-bond acceptors (Lipinski definition) is 4. The molecule has 1 heterocycles. The van der Waals surface area contributed by atoms with E-state index >= 15 is 0 Å². The smallest absolute Gasteiger partial charge is 0.0701 e. The Morgan fingerprint density at radius 1 is 1.24 bits per heavy atom. The molecule has 0 bridgehead atoms. The van der Waals surface area contributed by atoms with Crippen LogP contribution in [0.1, 0.15) is 26.7 Å². The summed E-state index contributed by atoms with van der Waals surface area (Å²) in [5, 5.41) is 8.71. The third kappa shape index (κ3) is 5.82. The largest absolute Gasteiger partial charge is 0.394 e. The quantitative estimate of drug-likeness (QED) is 0.685. The molecule has 1 aliphatic heterocycles. The lowest BCUT2D eigenvalue weighted by atomic mass is 10.1. The van der Waals surface area contributed by atoms with E-state index in [0.717, 1.165) is 39.0 Å². The van der Waals surface area contributed by atoms with Crippen LogP contribution < -0.4 is 0 Å². The van der Waals surface area contributed by atoms with E-state index in [1.165, 1.54) is 13.1 Å². The minimum atomic E-state index is 0.141. The second-order valence-corrected chi connectivity index (χ2v) is 4.66. The molecule has 0 saturated carbocycles. The van der Waals surface area contributed by atoms with E-state index in [1.807, 2.05) is 0 Å². The molecule has 0 spiro atoms. The molecule has 102 valence electrons. The summed E-state index contributed by atoms with van der Waals surface area (Å²) >= 11 is 0. The molecule has 1 N–H and O–H groups in total. The molecule has 1 saturated heterocycles. The fourth-order valence-electron chi connectivity index (χ4n) is 2.34. The Hall–Kier alpha value is -0.160. The molecular weight excluding hydrogens is 216 g/mol. The molecule has 0 aromatic heterocycles. The number of aliphatic hydroxyl groups excluding tert-OH is 1. The van der Waals surface area contributed by atoms with Gasteiger partial charge < -0.3 is 19.6 Å². The maximum Gasteiger partial charge on any atom is 0.0701 e. The van der Waals surface area contributed by atoms with E-state index in [2.05, 4.69) is 23.6 Å². The molecule has 1 aliphatic rings. The van der Waals surface area contributed by atoms with E-state index < -0.39 is 0 Å². The van der Waals surface area contributed by atoms with Crippen molar-refractivity contribution in [2.24, 2.45) is 0 Å². The van der Waals surface area contributed by atoms with Gasteiger partial charge in [-0.2, -0.15) is 0 Å². The van der Waals surface area contributed by atoms with Crippen molar-refractivity contribution in [2.75, 3.05) is 52.5 Å². The predicted molar refractivity (Wildman–Crippen MR) is 70.3 cm³/mol. The van der Waals surface area contributed by atoms with Crippen LogP contribution in [0.4, 0.5) is 0 Å². The summed E-state index contributed by atoms with van der Waals surface area (Å²) in [6, 6.07) is 0. The zero-order valence-electron chi connectivity index (χ0n) is 11.4. The Bertz CT molecular complexity index is 178. The van der Waals surface area contributed by atoms with Gasteiger partial charge in [-0.3, -0.25) is 0 Å². The normalized spacial score (nSPS) is 19.1. The summed E-state index contributed by atoms with van der Waals surface area (Å²) in [5.74, 6) is 0. The lowest BCUT2D eigenvalue weighted by Crippen LogP contribution is -2.41. The second kappa shape index (κ2) is 8.86. The summed E-state index contributed by atoms with van der Waals surface area (Å²) in [4.78, 5) is 4.99. The van der Waals surface area contributed by atoms with Crippen LogP contribution in [-0.4, -0.2) is 73.5 Å². The third-order valence-corrected chi connectivity index (χ3v) is 3.61. The molecular formula is C13H28N2O2. The molecule has 0 unspecified atom stereocenters. The predicted octanol–water partition coefficient (Wildman–Crippen LogP) is 0.802. The minimum absolute atomic E-state index is 0.141. The van der Waals surface area contributed by atoms with E-state index in [0.29, 0.717) is 12.7 Å². The molecule has 0 aromatic rings. The molecule has 0 amide bonds. The zero-order chi connectivity index (χ0) is 12.5. The monoisotopic (exact) mass is 244 g/mol. The SMILES string of the molecule is CCN(CC)CCN1CCC(OCCO)CC1. The fourth-order valence-corrected chi connectivity index (χ4v) is 2.34. The first-order chi connectivity index (χ1) is 8.30. The Balaban J connectivity index is 2.10. The van der Waals surface area contributed by atoms with Gasteiger partial charge in [0.1, 0.15) is 0 Å². The second-order valence-electron chi connectivity index (χ2n) is 4.66. The lowest BCUT2D eigenvalue weighted by Gasteiger charge is -2.33. The Morgan fingerprint density at radius 3 is 2.41 bits per heavy atom. The van der Waals surface area contributed by atoms with Crippen molar-refractivity contribution < 1.29 is 9.84 Å². The molecule has 1 fully saturated rings. The van der Waals surface area contributed by atoms with Gasteiger partial charge in [-0.15, -0.1) is 0 Å². The first-order valence-corrected chi connectivity index (χ1v) is 6.97. The van der Waals surface area contributed by atoms with Crippen molar-refractivity contribution in [2.45, 2.75) is 32.8 Å². The highest BCUT2D eigenvalue weighted by molar-refractivity contribution is 4.73. The molecule has 0 aromatic carbocycles. The summed E-state index contributed by atoms with van der Waals surface area (Å²) in [7, 11) is 0. The Labute approximate surface area is 106 Å². The van der Waals surface area contributed by atoms with Crippen LogP contribution in [-0.2, 0) is 4.74 Å². The first kappa shape index (κ1) is 14.9. The topological polar surface area (TPSA) is 35.9 Å². The van der Waals surface area contributed by atoms with Crippen molar-refractivity contribution in [1.82, 2.24) is 9.80 Å². The van der Waals surface area contributed by atoms with Gasteiger partial charge >= 0.3 is 0 Å². The standard InChI is InChI=1S/C13H28N2O2/c1-3-14(4-2)9-10-15-7-5-13(6-8-15)17-12-11-16/h13,16H,3-12H2,1-2H3. The van der Waals surface area contributed by atoms with Gasteiger partial charge in [0, 0.05) is 26.2 Å². The third-order valence-electron chi connectivity index (χ3n) is 3.61. The van der Waals surface area contributed by atoms with Crippen LogP contribution in [0.25, 0.3) is 0 Å². The van der Waals surface area contributed by atoms with E-state index in [4.69, 9.17) is 9.84 Å². The van der Waals surface area contributed by atoms with Gasteiger partial charge in [0.2, 0.25) is 0 Å². The van der Waals surface area contributed by atoms with Gasteiger partial charge in [0.15, 0.2) is 0 Å². The molecule has 1 rings (SSSR count). The van der Waals surface area contributed by atoms with Crippen LogP contribution in [0.2, 0.25) is 0 Å². The highest BCUT2D eigenvalue weighted by atomic mass is 16.5. The molecule has 0 radical (unpaired) electrons. The van der Waals surface area contributed by atoms with Crippen LogP contribution in [0, 0.1) is 0 Å². The summed E-state index contributed by atoms with van der Waals surface area (Å²) in [6.45, 7) is 12.0. The average molecular weight is 244 g/mol. The van der Waals surface area contributed by atoms with Crippen molar-refractivity contribution in [3.63, 3.8) is 0 Å². The molecule has 0 aliphatic carbocycles. The van der Waals surface area contributed by atoms with E-state index in [9.17, 15) is 0 Å². The fraction of sp³-hybridized carbons (Fsp3) is 1.00. The minimum Gasteiger partial charge on any atom is -0.394 e. The summed E-state index contributed by atoms with van der Waals surface area (Å²) in [6.07, 6.45) is 2.59. The number of hydrogen-bond donors (Lipinski definition) is 1. The Kier molecular flexibility index (Phi) is 7.77. The summed E-state index contributed by atoms with van der Waals surface area (Å²) < 4.78 is 5.56. The molecule has 4 heteroatoms. The zero-order valence-corrected chi connectivity index (χ0v) is 11.4. The van der Waals surface area contributed by atoms with Crippen LogP contribution in [0.3, 0.4) is 0 Å². The van der Waals surface area contributed by atoms with Crippen molar-refractivity contribution >= 4 is 0 Å². The Morgan fingerprint density at radius 2 is 1.88 bits per heavy atom. The molecule has 17 heavy (non-hydrogen) atoms. The number of nitrogens with zero attached hydrogens (tertiary/aromatic N) is 2. The highest BCUT2D eigenvalue weighted by Gasteiger charge is 2.19. The van der Waals surface area contributed by atoms with Crippen LogP contribution in [0.5, 0.6) is 0 Å². The number of likely N-dealkylation sites (N-methyl/N-ethyl adjacent to an activating group) is 1. The highest BCUT2D eigenvalue weighted by Crippen LogP contribution is 2.13. The van der Waals surface area contributed by atoms with Crippen molar-refractivity contribution in [3.05, 3.63) is 0 Å². The van der Waals surface area contributed by atoms with Crippen LogP contribution in [0.15, 0.2) is 0 Å². The van der Waals surface area contributed by atoms with Gasteiger partial charge in [-0.1, -0.05) is 13.8 Å². The van der Waals surface area contributed by atoms with Crippen molar-refractivity contribution in [1.29, 1.82) is 0 Å². The van der Waals surface area contributed by atoms with Gasteiger partial charge in [0.25, 0.3) is 0 Å². The maximum atomic E-state index is 8.71. The first-order valence-electron chi connectivity index (χ1n) is 6.97. The average Bonchev–Trinajstić information content (AvgIpc) is 2.39. The van der Waals surface area contributed by atoms with E-state index in [-0.39, 0.29) is 6.61 Å². The van der Waals surface area contributed by atoms with Gasteiger partial charge in [-0.25, -0.2) is 0 Å². The number of likely N-dealkylation sites (tertiary alicyclic amines) is 1. The number of aliphatic hydroxyl groups is 1. The van der Waals surface area contributed by atoms with Crippen molar-refractivity contribution in [3.8, 4) is 0 Å². The molecule has 4 nitrogen and oxygen atoms in total. The number of ether oxygens (including phenoxy) is 1.